The zero-order chi connectivity index (χ0) is 8.15. The van der Waals surface area contributed by atoms with Gasteiger partial charge in [-0.3, -0.25) is 0 Å². The average Bonchev–Trinajstić information content (AvgIpc) is 1.82. The van der Waals surface area contributed by atoms with Crippen LogP contribution in [0.4, 0.5) is 0 Å². The standard InChI is InChI=1S/C7H10O3/c1-5(7(9)10)3-4-6(2)8/h3,8H,2,4H2,1H3,(H,9,10)/b5-3+. The van der Waals surface area contributed by atoms with Crippen molar-refractivity contribution in [2.24, 2.45) is 0 Å². The van der Waals surface area contributed by atoms with Gasteiger partial charge in [-0.2, -0.15) is 0 Å². The number of hydrogen-bond acceptors (Lipinski definition) is 2. The molecule has 0 fully saturated rings. The summed E-state index contributed by atoms with van der Waals surface area (Å²) in [5, 5.41) is 16.9. The van der Waals surface area contributed by atoms with Gasteiger partial charge >= 0.3 is 5.97 Å². The molecule has 2 N–H and O–H groups in total. The summed E-state index contributed by atoms with van der Waals surface area (Å²) in [7, 11) is 0. The molecular weight excluding hydrogens is 132 g/mol. The normalized spacial score (nSPS) is 11.1. The van der Waals surface area contributed by atoms with Crippen LogP contribution in [-0.4, -0.2) is 16.2 Å². The first-order chi connectivity index (χ1) is 4.54. The average molecular weight is 142 g/mol. The molecule has 0 saturated heterocycles. The van der Waals surface area contributed by atoms with Crippen molar-refractivity contribution < 1.29 is 15.0 Å². The van der Waals surface area contributed by atoms with Crippen LogP contribution in [0.15, 0.2) is 24.0 Å². The number of aliphatic hydroxyl groups is 1. The van der Waals surface area contributed by atoms with Crippen molar-refractivity contribution in [3.63, 3.8) is 0 Å². The van der Waals surface area contributed by atoms with E-state index in [0.29, 0.717) is 0 Å². The number of allylic oxidation sites excluding steroid dienone is 1. The lowest BCUT2D eigenvalue weighted by Crippen LogP contribution is -1.95. The second-order valence-corrected chi connectivity index (χ2v) is 1.96. The Bertz CT molecular complexity index is 179. The third-order valence-corrected chi connectivity index (χ3v) is 0.981. The molecule has 0 amide bonds. The van der Waals surface area contributed by atoms with Gasteiger partial charge in [0, 0.05) is 12.0 Å². The Hall–Kier alpha value is -1.25. The van der Waals surface area contributed by atoms with Gasteiger partial charge in [-0.05, 0) is 6.92 Å². The molecule has 0 radical (unpaired) electrons. The van der Waals surface area contributed by atoms with Gasteiger partial charge in [0.25, 0.3) is 0 Å². The Balaban J connectivity index is 3.92. The Morgan fingerprint density at radius 3 is 2.40 bits per heavy atom. The van der Waals surface area contributed by atoms with Crippen LogP contribution in [0, 0.1) is 0 Å². The molecule has 0 aromatic rings. The van der Waals surface area contributed by atoms with Crippen molar-refractivity contribution in [2.45, 2.75) is 13.3 Å². The minimum Gasteiger partial charge on any atom is -0.513 e. The van der Waals surface area contributed by atoms with Crippen LogP contribution in [0.1, 0.15) is 13.3 Å². The molecule has 0 aromatic carbocycles. The second-order valence-electron chi connectivity index (χ2n) is 1.96. The van der Waals surface area contributed by atoms with Gasteiger partial charge in [0.05, 0.1) is 5.76 Å². The topological polar surface area (TPSA) is 57.5 Å². The van der Waals surface area contributed by atoms with Gasteiger partial charge in [-0.15, -0.1) is 0 Å². The van der Waals surface area contributed by atoms with Crippen LogP contribution in [-0.2, 0) is 4.79 Å². The number of carboxylic acid groups (broad SMARTS) is 1. The van der Waals surface area contributed by atoms with E-state index in [9.17, 15) is 4.79 Å². The molecule has 0 aromatic heterocycles. The monoisotopic (exact) mass is 142 g/mol. The van der Waals surface area contributed by atoms with Gasteiger partial charge in [-0.1, -0.05) is 12.7 Å². The van der Waals surface area contributed by atoms with Crippen molar-refractivity contribution in [3.05, 3.63) is 24.0 Å². The van der Waals surface area contributed by atoms with E-state index < -0.39 is 5.97 Å². The Labute approximate surface area is 59.3 Å². The van der Waals surface area contributed by atoms with Crippen LogP contribution in [0.3, 0.4) is 0 Å². The largest absolute Gasteiger partial charge is 0.513 e. The van der Waals surface area contributed by atoms with Crippen molar-refractivity contribution in [2.75, 3.05) is 0 Å². The second kappa shape index (κ2) is 3.71. The highest BCUT2D eigenvalue weighted by Crippen LogP contribution is 1.99. The number of rotatable bonds is 3. The minimum absolute atomic E-state index is 0.0272. The lowest BCUT2D eigenvalue weighted by atomic mass is 10.2. The third-order valence-electron chi connectivity index (χ3n) is 0.981. The van der Waals surface area contributed by atoms with Crippen LogP contribution >= 0.6 is 0 Å². The van der Waals surface area contributed by atoms with E-state index in [1.807, 2.05) is 0 Å². The fourth-order valence-electron chi connectivity index (χ4n) is 0.358. The molecule has 0 rings (SSSR count). The first-order valence-electron chi connectivity index (χ1n) is 2.81. The van der Waals surface area contributed by atoms with Crippen molar-refractivity contribution in [1.29, 1.82) is 0 Å². The molecule has 0 unspecified atom stereocenters. The smallest absolute Gasteiger partial charge is 0.330 e. The number of hydrogen-bond donors (Lipinski definition) is 2. The van der Waals surface area contributed by atoms with Crippen LogP contribution in [0.2, 0.25) is 0 Å². The molecule has 0 aliphatic heterocycles. The first kappa shape index (κ1) is 8.75. The Morgan fingerprint density at radius 1 is 1.60 bits per heavy atom. The summed E-state index contributed by atoms with van der Waals surface area (Å²) >= 11 is 0. The SMILES string of the molecule is C=C(O)C/C=C(\C)C(=O)O. The highest BCUT2D eigenvalue weighted by molar-refractivity contribution is 5.85. The molecule has 0 aliphatic rings. The highest BCUT2D eigenvalue weighted by atomic mass is 16.4. The molecule has 0 heterocycles. The molecule has 0 aliphatic carbocycles. The molecule has 0 atom stereocenters. The summed E-state index contributed by atoms with van der Waals surface area (Å²) in [5.41, 5.74) is 0.218. The summed E-state index contributed by atoms with van der Waals surface area (Å²) < 4.78 is 0. The van der Waals surface area contributed by atoms with Crippen molar-refractivity contribution in [3.8, 4) is 0 Å². The van der Waals surface area contributed by atoms with Crippen molar-refractivity contribution in [1.82, 2.24) is 0 Å². The van der Waals surface area contributed by atoms with Crippen molar-refractivity contribution >= 4 is 5.97 Å². The quantitative estimate of drug-likeness (QED) is 0.463. The Morgan fingerprint density at radius 2 is 2.10 bits per heavy atom. The molecule has 3 nitrogen and oxygen atoms in total. The molecule has 0 spiro atoms. The van der Waals surface area contributed by atoms with E-state index in [4.69, 9.17) is 10.2 Å². The fraction of sp³-hybridized carbons (Fsp3) is 0.286. The maximum absolute atomic E-state index is 10.1. The molecule has 0 bridgehead atoms. The van der Waals surface area contributed by atoms with E-state index >= 15 is 0 Å². The summed E-state index contributed by atoms with van der Waals surface area (Å²) in [6.45, 7) is 4.67. The number of carboxylic acids is 1. The fourth-order valence-corrected chi connectivity index (χ4v) is 0.358. The molecule has 56 valence electrons. The third kappa shape index (κ3) is 3.72. The summed E-state index contributed by atoms with van der Waals surface area (Å²) in [6, 6.07) is 0. The van der Waals surface area contributed by atoms with Crippen LogP contribution < -0.4 is 0 Å². The molecule has 10 heavy (non-hydrogen) atoms. The maximum Gasteiger partial charge on any atom is 0.330 e. The predicted molar refractivity (Wildman–Crippen MR) is 37.8 cm³/mol. The highest BCUT2D eigenvalue weighted by Gasteiger charge is 1.97. The van der Waals surface area contributed by atoms with Gasteiger partial charge in [0.1, 0.15) is 0 Å². The van der Waals surface area contributed by atoms with Crippen LogP contribution in [0.25, 0.3) is 0 Å². The summed E-state index contributed by atoms with van der Waals surface area (Å²) in [5.74, 6) is -0.998. The zero-order valence-corrected chi connectivity index (χ0v) is 5.79. The lowest BCUT2D eigenvalue weighted by Gasteiger charge is -1.92. The van der Waals surface area contributed by atoms with E-state index in [1.54, 1.807) is 0 Å². The van der Waals surface area contributed by atoms with Crippen LogP contribution in [0.5, 0.6) is 0 Å². The minimum atomic E-state index is -0.971. The molecular formula is C7H10O3. The van der Waals surface area contributed by atoms with E-state index in [2.05, 4.69) is 6.58 Å². The van der Waals surface area contributed by atoms with Gasteiger partial charge in [-0.25, -0.2) is 4.79 Å². The maximum atomic E-state index is 10.1. The van der Waals surface area contributed by atoms with E-state index in [-0.39, 0.29) is 17.8 Å². The van der Waals surface area contributed by atoms with Gasteiger partial charge < -0.3 is 10.2 Å². The zero-order valence-electron chi connectivity index (χ0n) is 5.79. The van der Waals surface area contributed by atoms with Gasteiger partial charge in [0.2, 0.25) is 0 Å². The number of aliphatic carboxylic acids is 1. The summed E-state index contributed by atoms with van der Waals surface area (Å²) in [4.78, 5) is 10.1. The Kier molecular flexibility index (Phi) is 3.25. The molecule has 0 saturated carbocycles. The van der Waals surface area contributed by atoms with Gasteiger partial charge in [0.15, 0.2) is 0 Å². The lowest BCUT2D eigenvalue weighted by molar-refractivity contribution is -0.132. The molecule has 3 heteroatoms. The predicted octanol–water partition coefficient (Wildman–Crippen LogP) is 1.48. The number of aliphatic hydroxyl groups excluding tert-OH is 1. The van der Waals surface area contributed by atoms with E-state index in [0.717, 1.165) is 0 Å². The first-order valence-corrected chi connectivity index (χ1v) is 2.81. The summed E-state index contributed by atoms with van der Waals surface area (Å²) in [6.07, 6.45) is 1.61. The van der Waals surface area contributed by atoms with E-state index in [1.165, 1.54) is 13.0 Å². The number of carbonyl (C=O) groups is 1.